The zero-order chi connectivity index (χ0) is 16.1. The second kappa shape index (κ2) is 7.82. The number of thioether (sulfide) groups is 2. The van der Waals surface area contributed by atoms with Crippen molar-refractivity contribution in [1.82, 2.24) is 9.36 Å². The fourth-order valence-electron chi connectivity index (χ4n) is 1.42. The molecular weight excluding hydrogens is 366 g/mol. The van der Waals surface area contributed by atoms with Gasteiger partial charge in [-0.1, -0.05) is 35.1 Å². The van der Waals surface area contributed by atoms with Crippen LogP contribution in [-0.2, 0) is 4.79 Å². The lowest BCUT2D eigenvalue weighted by Gasteiger charge is -2.09. The molecule has 116 valence electrons. The number of rotatable bonds is 6. The summed E-state index contributed by atoms with van der Waals surface area (Å²) in [5.41, 5.74) is 0.178. The first-order valence-electron chi connectivity index (χ1n) is 5.81. The molecule has 1 N–H and O–H groups in total. The molecule has 1 heterocycles. The van der Waals surface area contributed by atoms with Gasteiger partial charge in [0.25, 0.3) is 0 Å². The zero-order valence-corrected chi connectivity index (χ0v) is 14.4. The number of carbonyl (C=O) groups is 2. The van der Waals surface area contributed by atoms with E-state index in [1.54, 1.807) is 0 Å². The molecule has 0 aliphatic rings. The van der Waals surface area contributed by atoms with Crippen LogP contribution in [-0.4, -0.2) is 33.2 Å². The maximum Gasteiger partial charge on any atom is 0.234 e. The van der Waals surface area contributed by atoms with Crippen LogP contribution in [0.4, 0.5) is 5.69 Å². The largest absolute Gasteiger partial charge is 0.545 e. The number of amides is 1. The molecule has 0 fully saturated rings. The van der Waals surface area contributed by atoms with Crippen LogP contribution in [0.2, 0.25) is 5.02 Å². The van der Waals surface area contributed by atoms with Crippen molar-refractivity contribution in [3.05, 3.63) is 28.8 Å². The van der Waals surface area contributed by atoms with Crippen LogP contribution in [0, 0.1) is 0 Å². The van der Waals surface area contributed by atoms with Crippen molar-refractivity contribution in [2.24, 2.45) is 0 Å². The second-order valence-corrected chi connectivity index (χ2v) is 7.02. The third-order valence-electron chi connectivity index (χ3n) is 2.37. The first kappa shape index (κ1) is 17.1. The number of carbonyl (C=O) groups excluding carboxylic acids is 2. The Labute approximate surface area is 143 Å². The Morgan fingerprint density at radius 2 is 2.23 bits per heavy atom. The topological polar surface area (TPSA) is 95.0 Å². The van der Waals surface area contributed by atoms with Crippen molar-refractivity contribution < 1.29 is 14.7 Å². The van der Waals surface area contributed by atoms with Crippen LogP contribution in [0.3, 0.4) is 0 Å². The highest BCUT2D eigenvalue weighted by Gasteiger charge is 2.09. The number of hydrogen-bond acceptors (Lipinski definition) is 8. The minimum absolute atomic E-state index is 0.0610. The number of halogens is 1. The average molecular weight is 375 g/mol. The Kier molecular flexibility index (Phi) is 6.07. The summed E-state index contributed by atoms with van der Waals surface area (Å²) in [6.07, 6.45) is 1.87. The molecular formula is C12H9ClN3O3S3-. The van der Waals surface area contributed by atoms with Crippen molar-refractivity contribution in [1.29, 1.82) is 0 Å². The molecule has 0 bridgehead atoms. The number of benzene rings is 1. The number of aromatic carboxylic acids is 1. The van der Waals surface area contributed by atoms with E-state index in [4.69, 9.17) is 11.6 Å². The van der Waals surface area contributed by atoms with Gasteiger partial charge < -0.3 is 15.2 Å². The molecule has 1 aromatic heterocycles. The Bertz CT molecular complexity index is 708. The molecule has 10 heteroatoms. The number of carboxylic acids is 1. The standard InChI is InChI=1S/C12H10ClN3O3S3/c1-20-11-15-12(22-16-11)21-5-9(17)14-6-2-3-8(13)7(4-6)10(18)19/h2-4H,5H2,1H3,(H,14,17)(H,18,19)/p-1. The molecule has 0 atom stereocenters. The van der Waals surface area contributed by atoms with Gasteiger partial charge in [0.1, 0.15) is 0 Å². The number of anilines is 1. The first-order valence-corrected chi connectivity index (χ1v) is 9.17. The molecule has 0 saturated heterocycles. The van der Waals surface area contributed by atoms with E-state index in [1.165, 1.54) is 53.3 Å². The molecule has 0 aliphatic carbocycles. The van der Waals surface area contributed by atoms with Crippen molar-refractivity contribution in [2.75, 3.05) is 17.3 Å². The number of aromatic nitrogens is 2. The third kappa shape index (κ3) is 4.60. The van der Waals surface area contributed by atoms with Crippen molar-refractivity contribution in [3.63, 3.8) is 0 Å². The van der Waals surface area contributed by atoms with E-state index in [-0.39, 0.29) is 22.2 Å². The minimum atomic E-state index is -1.39. The van der Waals surface area contributed by atoms with E-state index >= 15 is 0 Å². The molecule has 0 radical (unpaired) electrons. The number of nitrogens with zero attached hydrogens (tertiary/aromatic N) is 2. The number of carboxylic acid groups (broad SMARTS) is 1. The summed E-state index contributed by atoms with van der Waals surface area (Å²) in [5.74, 6) is -1.53. The minimum Gasteiger partial charge on any atom is -0.545 e. The van der Waals surface area contributed by atoms with Gasteiger partial charge in [0.05, 0.1) is 11.7 Å². The van der Waals surface area contributed by atoms with E-state index in [2.05, 4.69) is 14.7 Å². The van der Waals surface area contributed by atoms with Crippen LogP contribution in [0.25, 0.3) is 0 Å². The Morgan fingerprint density at radius 3 is 2.86 bits per heavy atom. The molecule has 0 saturated carbocycles. The van der Waals surface area contributed by atoms with Crippen LogP contribution >= 0.6 is 46.7 Å². The van der Waals surface area contributed by atoms with Gasteiger partial charge in [-0.15, -0.1) is 0 Å². The van der Waals surface area contributed by atoms with Crippen molar-refractivity contribution in [2.45, 2.75) is 9.50 Å². The third-order valence-corrected chi connectivity index (χ3v) is 5.19. The predicted molar refractivity (Wildman–Crippen MR) is 86.8 cm³/mol. The van der Waals surface area contributed by atoms with E-state index in [1.807, 2.05) is 6.26 Å². The fourth-order valence-corrected chi connectivity index (χ4v) is 3.63. The van der Waals surface area contributed by atoms with Crippen molar-refractivity contribution >= 4 is 64.2 Å². The maximum absolute atomic E-state index is 11.9. The SMILES string of the molecule is CSc1nsc(SCC(=O)Nc2ccc(Cl)c(C(=O)[O-])c2)n1. The summed E-state index contributed by atoms with van der Waals surface area (Å²) in [4.78, 5) is 26.9. The van der Waals surface area contributed by atoms with E-state index in [0.29, 0.717) is 15.2 Å². The lowest BCUT2D eigenvalue weighted by Crippen LogP contribution is -2.23. The lowest BCUT2D eigenvalue weighted by atomic mass is 10.2. The second-order valence-electron chi connectivity index (χ2n) is 3.87. The lowest BCUT2D eigenvalue weighted by molar-refractivity contribution is -0.255. The Morgan fingerprint density at radius 1 is 1.45 bits per heavy atom. The summed E-state index contributed by atoms with van der Waals surface area (Å²) >= 11 is 9.65. The quantitative estimate of drug-likeness (QED) is 0.772. The average Bonchev–Trinajstić information content (AvgIpc) is 2.95. The fraction of sp³-hybridized carbons (Fsp3) is 0.167. The van der Waals surface area contributed by atoms with Gasteiger partial charge in [-0.3, -0.25) is 4.79 Å². The normalized spacial score (nSPS) is 10.5. The maximum atomic E-state index is 11.9. The molecule has 1 aromatic carbocycles. The van der Waals surface area contributed by atoms with Crippen LogP contribution in [0.5, 0.6) is 0 Å². The summed E-state index contributed by atoms with van der Waals surface area (Å²) in [6, 6.07) is 4.18. The van der Waals surface area contributed by atoms with Gasteiger partial charge in [0, 0.05) is 16.3 Å². The summed E-state index contributed by atoms with van der Waals surface area (Å²) in [7, 11) is 0. The van der Waals surface area contributed by atoms with Gasteiger partial charge >= 0.3 is 0 Å². The van der Waals surface area contributed by atoms with Gasteiger partial charge in [-0.2, -0.15) is 4.37 Å². The summed E-state index contributed by atoms with van der Waals surface area (Å²) in [5, 5.41) is 14.2. The highest BCUT2D eigenvalue weighted by molar-refractivity contribution is 8.01. The molecule has 6 nitrogen and oxygen atoms in total. The number of hydrogen-bond donors (Lipinski definition) is 1. The molecule has 2 rings (SSSR count). The van der Waals surface area contributed by atoms with Crippen molar-refractivity contribution in [3.8, 4) is 0 Å². The summed E-state index contributed by atoms with van der Waals surface area (Å²) < 4.78 is 4.79. The highest BCUT2D eigenvalue weighted by Crippen LogP contribution is 2.24. The van der Waals surface area contributed by atoms with E-state index in [9.17, 15) is 14.7 Å². The van der Waals surface area contributed by atoms with Crippen LogP contribution in [0.15, 0.2) is 27.7 Å². The smallest absolute Gasteiger partial charge is 0.234 e. The van der Waals surface area contributed by atoms with Gasteiger partial charge in [-0.05, 0) is 36.0 Å². The molecule has 0 unspecified atom stereocenters. The zero-order valence-electron chi connectivity index (χ0n) is 11.2. The Balaban J connectivity index is 1.94. The van der Waals surface area contributed by atoms with E-state index in [0.717, 1.165) is 0 Å². The highest BCUT2D eigenvalue weighted by atomic mass is 35.5. The molecule has 2 aromatic rings. The van der Waals surface area contributed by atoms with Gasteiger partial charge in [0.2, 0.25) is 11.1 Å². The Hall–Kier alpha value is -1.29. The summed E-state index contributed by atoms with van der Waals surface area (Å²) in [6.45, 7) is 0. The van der Waals surface area contributed by atoms with Crippen LogP contribution < -0.4 is 10.4 Å². The van der Waals surface area contributed by atoms with Crippen LogP contribution in [0.1, 0.15) is 10.4 Å². The molecule has 22 heavy (non-hydrogen) atoms. The van der Waals surface area contributed by atoms with E-state index < -0.39 is 5.97 Å². The first-order chi connectivity index (χ1) is 10.5. The molecule has 0 aliphatic heterocycles. The van der Waals surface area contributed by atoms with Gasteiger partial charge in [-0.25, -0.2) is 4.98 Å². The molecule has 1 amide bonds. The molecule has 0 spiro atoms. The monoisotopic (exact) mass is 374 g/mol. The predicted octanol–water partition coefficient (Wildman–Crippen LogP) is 2.01. The number of nitrogens with one attached hydrogen (secondary N) is 1. The van der Waals surface area contributed by atoms with Gasteiger partial charge in [0.15, 0.2) is 4.34 Å².